The Bertz CT molecular complexity index is 611. The molecule has 3 heterocycles. The third kappa shape index (κ3) is 3.45. The number of aromatic amines is 1. The first-order valence-electron chi connectivity index (χ1n) is 9.59. The summed E-state index contributed by atoms with van der Waals surface area (Å²) in [7, 11) is 0. The van der Waals surface area contributed by atoms with E-state index in [-0.39, 0.29) is 18.1 Å². The molecule has 0 saturated carbocycles. The van der Waals surface area contributed by atoms with Gasteiger partial charge in [0.2, 0.25) is 0 Å². The number of aliphatic hydroxyl groups excluding tert-OH is 1. The molecule has 2 atom stereocenters. The maximum absolute atomic E-state index is 13.0. The van der Waals surface area contributed by atoms with Crippen LogP contribution in [0, 0.1) is 0 Å². The van der Waals surface area contributed by atoms with Crippen molar-refractivity contribution in [3.8, 4) is 0 Å². The van der Waals surface area contributed by atoms with Crippen LogP contribution in [0.25, 0.3) is 0 Å². The Morgan fingerprint density at radius 1 is 1.12 bits per heavy atom. The Labute approximate surface area is 148 Å². The zero-order valence-electron chi connectivity index (χ0n) is 14.7. The van der Waals surface area contributed by atoms with Gasteiger partial charge in [-0.05, 0) is 38.5 Å². The number of nitrogens with zero attached hydrogens (tertiary/aromatic N) is 3. The third-order valence-corrected chi connectivity index (χ3v) is 5.89. The number of aliphatic hydroxyl groups is 1. The van der Waals surface area contributed by atoms with Gasteiger partial charge in [-0.3, -0.25) is 14.8 Å². The number of nitrogens with one attached hydrogen (secondary N) is 1. The van der Waals surface area contributed by atoms with Gasteiger partial charge in [0.05, 0.1) is 19.3 Å². The molecule has 25 heavy (non-hydrogen) atoms. The van der Waals surface area contributed by atoms with Crippen LogP contribution >= 0.6 is 0 Å². The van der Waals surface area contributed by atoms with Gasteiger partial charge in [-0.1, -0.05) is 0 Å². The van der Waals surface area contributed by atoms with E-state index in [0.29, 0.717) is 25.2 Å². The first-order chi connectivity index (χ1) is 12.2. The van der Waals surface area contributed by atoms with Gasteiger partial charge in [0.1, 0.15) is 0 Å². The number of H-pyrrole nitrogens is 1. The van der Waals surface area contributed by atoms with Gasteiger partial charge in [0, 0.05) is 43.5 Å². The van der Waals surface area contributed by atoms with Crippen molar-refractivity contribution >= 4 is 5.91 Å². The number of hydrogen-bond donors (Lipinski definition) is 2. The first-order valence-corrected chi connectivity index (χ1v) is 9.59. The Hall–Kier alpha value is -1.44. The minimum atomic E-state index is -0.385. The number of carbonyl (C=O) groups excluding carboxylic acids is 1. The van der Waals surface area contributed by atoms with Gasteiger partial charge in [-0.15, -0.1) is 0 Å². The second-order valence-corrected chi connectivity index (χ2v) is 7.39. The number of morpholine rings is 1. The highest BCUT2D eigenvalue weighted by Gasteiger charge is 2.33. The van der Waals surface area contributed by atoms with Gasteiger partial charge in [0.15, 0.2) is 5.69 Å². The molecule has 2 aliphatic heterocycles. The molecule has 7 nitrogen and oxygen atoms in total. The summed E-state index contributed by atoms with van der Waals surface area (Å²) in [5.41, 5.74) is 2.86. The van der Waals surface area contributed by atoms with E-state index in [1.807, 2.05) is 4.90 Å². The minimum absolute atomic E-state index is 0.0224. The molecule has 7 heteroatoms. The van der Waals surface area contributed by atoms with Crippen LogP contribution in [0.5, 0.6) is 0 Å². The van der Waals surface area contributed by atoms with E-state index in [4.69, 9.17) is 4.74 Å². The lowest BCUT2D eigenvalue weighted by Gasteiger charge is -2.36. The predicted octanol–water partition coefficient (Wildman–Crippen LogP) is 0.586. The molecule has 0 aromatic carbocycles. The van der Waals surface area contributed by atoms with Gasteiger partial charge < -0.3 is 14.7 Å². The van der Waals surface area contributed by atoms with E-state index >= 15 is 0 Å². The van der Waals surface area contributed by atoms with Crippen molar-refractivity contribution in [3.63, 3.8) is 0 Å². The van der Waals surface area contributed by atoms with Crippen molar-refractivity contribution in [1.29, 1.82) is 0 Å². The standard InChI is InChI=1S/C18H28N4O3/c23-16-6-8-22(7-5-15(16)21-9-11-25-12-10-21)18(24)17-13-3-1-2-4-14(13)19-20-17/h15-16,23H,1-12H2,(H,19,20)/t15-,16-/m0/s1. The summed E-state index contributed by atoms with van der Waals surface area (Å²) in [6.45, 7) is 4.46. The lowest BCUT2D eigenvalue weighted by Crippen LogP contribution is -2.49. The van der Waals surface area contributed by atoms with Crippen LogP contribution in [0.4, 0.5) is 0 Å². The fraction of sp³-hybridized carbons (Fsp3) is 0.778. The van der Waals surface area contributed by atoms with E-state index < -0.39 is 0 Å². The Kier molecular flexibility index (Phi) is 5.05. The summed E-state index contributed by atoms with van der Waals surface area (Å²) in [6, 6.07) is 0.120. The van der Waals surface area contributed by atoms with Crippen molar-refractivity contribution in [2.24, 2.45) is 0 Å². The summed E-state index contributed by atoms with van der Waals surface area (Å²) in [5.74, 6) is 0.0224. The van der Waals surface area contributed by atoms with Crippen molar-refractivity contribution < 1.29 is 14.6 Å². The minimum Gasteiger partial charge on any atom is -0.391 e. The molecule has 1 aliphatic carbocycles. The Balaban J connectivity index is 1.45. The average molecular weight is 348 g/mol. The topological polar surface area (TPSA) is 81.7 Å². The molecular formula is C18H28N4O3. The SMILES string of the molecule is O=C(c1n[nH]c2c1CCCC2)N1CC[C@H](O)[C@@H](N2CCOCC2)CC1. The smallest absolute Gasteiger partial charge is 0.274 e. The molecule has 3 aliphatic rings. The van der Waals surface area contributed by atoms with E-state index in [1.165, 1.54) is 6.42 Å². The molecule has 2 fully saturated rings. The molecule has 2 N–H and O–H groups in total. The van der Waals surface area contributed by atoms with Gasteiger partial charge in [-0.25, -0.2) is 0 Å². The quantitative estimate of drug-likeness (QED) is 0.817. The van der Waals surface area contributed by atoms with Crippen LogP contribution in [0.1, 0.15) is 47.4 Å². The number of aromatic nitrogens is 2. The molecule has 1 aromatic heterocycles. The van der Waals surface area contributed by atoms with E-state index in [1.54, 1.807) is 0 Å². The van der Waals surface area contributed by atoms with Crippen molar-refractivity contribution in [3.05, 3.63) is 17.0 Å². The molecule has 4 rings (SSSR count). The fourth-order valence-corrected chi connectivity index (χ4v) is 4.42. The fourth-order valence-electron chi connectivity index (χ4n) is 4.42. The van der Waals surface area contributed by atoms with Gasteiger partial charge >= 0.3 is 0 Å². The largest absolute Gasteiger partial charge is 0.391 e. The maximum Gasteiger partial charge on any atom is 0.274 e. The lowest BCUT2D eigenvalue weighted by molar-refractivity contribution is -0.0222. The number of fused-ring (bicyclic) bond motifs is 1. The monoisotopic (exact) mass is 348 g/mol. The molecule has 0 radical (unpaired) electrons. The van der Waals surface area contributed by atoms with E-state index in [9.17, 15) is 9.90 Å². The summed E-state index contributed by atoms with van der Waals surface area (Å²) in [4.78, 5) is 17.2. The molecule has 1 aromatic rings. The lowest BCUT2D eigenvalue weighted by atomic mass is 9.95. The van der Waals surface area contributed by atoms with Crippen molar-refractivity contribution in [2.45, 2.75) is 50.7 Å². The summed E-state index contributed by atoms with van der Waals surface area (Å²) in [5, 5.41) is 18.0. The summed E-state index contributed by atoms with van der Waals surface area (Å²) >= 11 is 0. The van der Waals surface area contributed by atoms with Crippen molar-refractivity contribution in [1.82, 2.24) is 20.0 Å². The molecule has 0 unspecified atom stereocenters. The maximum atomic E-state index is 13.0. The highest BCUT2D eigenvalue weighted by Crippen LogP contribution is 2.25. The number of rotatable bonds is 2. The van der Waals surface area contributed by atoms with Crippen LogP contribution in [0.3, 0.4) is 0 Å². The van der Waals surface area contributed by atoms with Crippen LogP contribution in [-0.4, -0.2) is 82.5 Å². The van der Waals surface area contributed by atoms with E-state index in [0.717, 1.165) is 63.2 Å². The van der Waals surface area contributed by atoms with Crippen LogP contribution in [0.2, 0.25) is 0 Å². The van der Waals surface area contributed by atoms with Crippen LogP contribution < -0.4 is 0 Å². The van der Waals surface area contributed by atoms with Crippen molar-refractivity contribution in [2.75, 3.05) is 39.4 Å². The Morgan fingerprint density at radius 2 is 1.88 bits per heavy atom. The summed E-state index contributed by atoms with van der Waals surface area (Å²) in [6.07, 6.45) is 5.28. The molecular weight excluding hydrogens is 320 g/mol. The first kappa shape index (κ1) is 17.0. The molecule has 138 valence electrons. The second-order valence-electron chi connectivity index (χ2n) is 7.39. The number of carbonyl (C=O) groups is 1. The molecule has 0 bridgehead atoms. The number of hydrogen-bond acceptors (Lipinski definition) is 5. The number of aryl methyl sites for hydroxylation is 1. The predicted molar refractivity (Wildman–Crippen MR) is 92.6 cm³/mol. The number of ether oxygens (including phenoxy) is 1. The molecule has 2 saturated heterocycles. The number of amides is 1. The second kappa shape index (κ2) is 7.43. The normalized spacial score (nSPS) is 28.4. The molecule has 1 amide bonds. The highest BCUT2D eigenvalue weighted by molar-refractivity contribution is 5.94. The van der Waals surface area contributed by atoms with Crippen LogP contribution in [-0.2, 0) is 17.6 Å². The van der Waals surface area contributed by atoms with Gasteiger partial charge in [0.25, 0.3) is 5.91 Å². The zero-order chi connectivity index (χ0) is 17.2. The van der Waals surface area contributed by atoms with Crippen LogP contribution in [0.15, 0.2) is 0 Å². The highest BCUT2D eigenvalue weighted by atomic mass is 16.5. The van der Waals surface area contributed by atoms with Gasteiger partial charge in [-0.2, -0.15) is 5.10 Å². The van der Waals surface area contributed by atoms with E-state index in [2.05, 4.69) is 15.1 Å². The number of likely N-dealkylation sites (tertiary alicyclic amines) is 1. The molecule has 0 spiro atoms. The third-order valence-electron chi connectivity index (χ3n) is 5.89. The average Bonchev–Trinajstić information content (AvgIpc) is 2.99. The Morgan fingerprint density at radius 3 is 2.72 bits per heavy atom. The summed E-state index contributed by atoms with van der Waals surface area (Å²) < 4.78 is 5.42. The zero-order valence-corrected chi connectivity index (χ0v) is 14.7.